The molecule has 3 heterocycles. The van der Waals surface area contributed by atoms with E-state index in [0.717, 1.165) is 29.3 Å². The van der Waals surface area contributed by atoms with Gasteiger partial charge in [0.15, 0.2) is 5.82 Å². The normalized spacial score (nSPS) is 15.2. The molecule has 0 saturated heterocycles. The first-order chi connectivity index (χ1) is 21.0. The highest BCUT2D eigenvalue weighted by atomic mass is 31.2. The summed E-state index contributed by atoms with van der Waals surface area (Å²) in [5.41, 5.74) is 7.71. The molecule has 0 aliphatic rings. The van der Waals surface area contributed by atoms with E-state index in [1.165, 1.54) is 6.20 Å². The number of aromatic nitrogens is 4. The maximum absolute atomic E-state index is 14.4. The van der Waals surface area contributed by atoms with Gasteiger partial charge < -0.3 is 24.3 Å². The largest absolute Gasteiger partial charge is 0.462 e. The third-order valence-electron chi connectivity index (χ3n) is 7.10. The summed E-state index contributed by atoms with van der Waals surface area (Å²) in [5.74, 6) is 0.580. The van der Waals surface area contributed by atoms with E-state index < -0.39 is 25.3 Å². The Morgan fingerprint density at radius 1 is 1.14 bits per heavy atom. The van der Waals surface area contributed by atoms with Crippen LogP contribution in [0.15, 0.2) is 48.8 Å². The molecule has 0 aliphatic heterocycles. The highest BCUT2D eigenvalue weighted by molar-refractivity contribution is 7.52. The summed E-state index contributed by atoms with van der Waals surface area (Å²) in [6.07, 6.45) is 5.04. The predicted octanol–water partition coefficient (Wildman–Crippen LogP) is 6.14. The Hall–Kier alpha value is -3.57. The zero-order valence-electron chi connectivity index (χ0n) is 26.3. The van der Waals surface area contributed by atoms with Crippen LogP contribution in [0.5, 0.6) is 5.75 Å². The second-order valence-corrected chi connectivity index (χ2v) is 12.9. The molecule has 12 nitrogen and oxygen atoms in total. The number of hydrogen-bond acceptors (Lipinski definition) is 10. The molecule has 0 saturated carbocycles. The minimum atomic E-state index is -4.17. The van der Waals surface area contributed by atoms with Gasteiger partial charge in [-0.05, 0) is 59.2 Å². The average molecular weight is 627 g/mol. The number of anilines is 1. The number of para-hydroxylation sites is 1. The van der Waals surface area contributed by atoms with E-state index in [4.69, 9.17) is 29.2 Å². The van der Waals surface area contributed by atoms with E-state index in [9.17, 15) is 9.36 Å². The number of ether oxygens (including phenoxy) is 2. The molecule has 238 valence electrons. The summed E-state index contributed by atoms with van der Waals surface area (Å²) in [5, 5.41) is 3.64. The molecule has 0 bridgehead atoms. The van der Waals surface area contributed by atoms with Gasteiger partial charge in [-0.1, -0.05) is 38.0 Å². The first-order valence-electron chi connectivity index (χ1n) is 15.0. The fraction of sp³-hybridized carbons (Fsp3) is 0.484. The lowest BCUT2D eigenvalue weighted by Crippen LogP contribution is -2.40. The molecule has 3 N–H and O–H groups in total. The van der Waals surface area contributed by atoms with E-state index in [0.29, 0.717) is 30.2 Å². The highest BCUT2D eigenvalue weighted by Gasteiger charge is 2.39. The topological polar surface area (TPSA) is 153 Å². The average Bonchev–Trinajstić information content (AvgIpc) is 3.39. The summed E-state index contributed by atoms with van der Waals surface area (Å²) < 4.78 is 39.8. The molecule has 0 amide bonds. The van der Waals surface area contributed by atoms with Gasteiger partial charge in [-0.25, -0.2) is 14.5 Å². The van der Waals surface area contributed by atoms with Crippen LogP contribution in [-0.2, 0) is 35.5 Å². The van der Waals surface area contributed by atoms with Crippen molar-refractivity contribution in [2.75, 3.05) is 18.9 Å². The van der Waals surface area contributed by atoms with Crippen molar-refractivity contribution in [1.29, 1.82) is 0 Å². The van der Waals surface area contributed by atoms with Crippen LogP contribution in [0.1, 0.15) is 66.6 Å². The Kier molecular flexibility index (Phi) is 11.0. The van der Waals surface area contributed by atoms with Crippen LogP contribution in [0.4, 0.5) is 5.82 Å². The molecule has 44 heavy (non-hydrogen) atoms. The lowest BCUT2D eigenvalue weighted by atomic mass is 9.94. The molecule has 0 radical (unpaired) electrons. The number of unbranched alkanes of at least 4 members (excludes halogenated alkanes) is 1. The summed E-state index contributed by atoms with van der Waals surface area (Å²) >= 11 is 0. The van der Waals surface area contributed by atoms with Gasteiger partial charge in [0.25, 0.3) is 0 Å². The number of carbonyl (C=O) groups is 1. The molecule has 0 spiro atoms. The maximum atomic E-state index is 14.4. The fourth-order valence-electron chi connectivity index (χ4n) is 5.00. The lowest BCUT2D eigenvalue weighted by Gasteiger charge is -2.35. The Morgan fingerprint density at radius 2 is 1.91 bits per heavy atom. The van der Waals surface area contributed by atoms with Crippen LogP contribution in [-0.4, -0.2) is 50.8 Å². The van der Waals surface area contributed by atoms with Crippen molar-refractivity contribution >= 4 is 41.5 Å². The van der Waals surface area contributed by atoms with Gasteiger partial charge in [-0.15, -0.1) is 0 Å². The SMILES string of the molecule is CCCC[C@@](C)(CO[P@@](=O)(N[C@@H](C)C(=O)OC(C)C)Oc1cccnc1)n1c(COCC)nc2c(N)nc3ccccc3c21. The number of hydrogen-bond donors (Lipinski definition) is 2. The number of carbonyl (C=O) groups excluding carboxylic acids is 1. The quantitative estimate of drug-likeness (QED) is 0.109. The Balaban J connectivity index is 1.81. The maximum Gasteiger partial charge on any atom is 0.459 e. The standard InChI is InChI=1S/C31H43N6O6P/c1-7-9-16-31(6,20-41-44(39,43-23-13-12-17-33-18-23)36-22(5)30(38)42-21(3)4)37-26(19-40-8-2)35-27-28(37)24-14-10-11-15-25(24)34-29(27)32/h10-15,17-18,21-22H,7-9,16,19-20H2,1-6H3,(H2,32,34)(H,36,39)/t22-,31-,44-/m0/s1. The van der Waals surface area contributed by atoms with Gasteiger partial charge >= 0.3 is 13.7 Å². The molecule has 1 aromatic carbocycles. The van der Waals surface area contributed by atoms with Gasteiger partial charge in [0, 0.05) is 18.2 Å². The monoisotopic (exact) mass is 626 g/mol. The van der Waals surface area contributed by atoms with Crippen molar-refractivity contribution in [3.8, 4) is 5.75 Å². The van der Waals surface area contributed by atoms with E-state index in [-0.39, 0.29) is 25.1 Å². The summed E-state index contributed by atoms with van der Waals surface area (Å²) in [7, 11) is -4.17. The Morgan fingerprint density at radius 3 is 2.59 bits per heavy atom. The Labute approximate surface area is 258 Å². The van der Waals surface area contributed by atoms with Crippen molar-refractivity contribution in [2.24, 2.45) is 0 Å². The van der Waals surface area contributed by atoms with Crippen molar-refractivity contribution < 1.29 is 27.9 Å². The van der Waals surface area contributed by atoms with E-state index in [2.05, 4.69) is 26.5 Å². The van der Waals surface area contributed by atoms with Crippen LogP contribution in [0.3, 0.4) is 0 Å². The van der Waals surface area contributed by atoms with Crippen LogP contribution in [0.25, 0.3) is 21.9 Å². The molecule has 0 unspecified atom stereocenters. The van der Waals surface area contributed by atoms with Crippen molar-refractivity contribution in [2.45, 2.75) is 85.1 Å². The first kappa shape index (κ1) is 33.3. The van der Waals surface area contributed by atoms with Gasteiger partial charge in [0.05, 0.1) is 35.5 Å². The molecular formula is C31H43N6O6P. The molecule has 0 fully saturated rings. The number of pyridine rings is 2. The minimum absolute atomic E-state index is 0.0649. The number of nitrogens with one attached hydrogen (secondary N) is 1. The van der Waals surface area contributed by atoms with Crippen molar-refractivity contribution in [3.63, 3.8) is 0 Å². The number of nitrogen functional groups attached to an aromatic ring is 1. The van der Waals surface area contributed by atoms with E-state index in [1.807, 2.05) is 38.1 Å². The molecule has 4 aromatic rings. The van der Waals surface area contributed by atoms with Crippen LogP contribution < -0.4 is 15.3 Å². The van der Waals surface area contributed by atoms with Crippen LogP contribution in [0.2, 0.25) is 0 Å². The van der Waals surface area contributed by atoms with Crippen LogP contribution >= 0.6 is 7.75 Å². The van der Waals surface area contributed by atoms with Gasteiger partial charge in [0.1, 0.15) is 29.7 Å². The number of nitrogens with zero attached hydrogens (tertiary/aromatic N) is 4. The summed E-state index contributed by atoms with van der Waals surface area (Å²) in [4.78, 5) is 26.2. The third-order valence-corrected chi connectivity index (χ3v) is 8.72. The smallest absolute Gasteiger partial charge is 0.459 e. The third kappa shape index (κ3) is 7.74. The molecule has 4 rings (SSSR count). The van der Waals surface area contributed by atoms with Gasteiger partial charge in [-0.3, -0.25) is 14.3 Å². The van der Waals surface area contributed by atoms with Crippen molar-refractivity contribution in [1.82, 2.24) is 24.6 Å². The predicted molar refractivity (Wildman–Crippen MR) is 170 cm³/mol. The zero-order valence-corrected chi connectivity index (χ0v) is 27.2. The first-order valence-corrected chi connectivity index (χ1v) is 16.5. The molecule has 13 heteroatoms. The van der Waals surface area contributed by atoms with E-state index in [1.54, 1.807) is 39.1 Å². The van der Waals surface area contributed by atoms with Crippen molar-refractivity contribution in [3.05, 3.63) is 54.6 Å². The minimum Gasteiger partial charge on any atom is -0.462 e. The van der Waals surface area contributed by atoms with Gasteiger partial charge in [0.2, 0.25) is 0 Å². The Bertz CT molecular complexity index is 1610. The summed E-state index contributed by atoms with van der Waals surface area (Å²) in [6, 6.07) is 10.0. The van der Waals surface area contributed by atoms with E-state index >= 15 is 0 Å². The second kappa shape index (κ2) is 14.5. The number of fused-ring (bicyclic) bond motifs is 3. The number of imidazole rings is 1. The molecular weight excluding hydrogens is 583 g/mol. The summed E-state index contributed by atoms with van der Waals surface area (Å²) in [6.45, 7) is 11.7. The number of nitrogens with two attached hydrogens (primary N) is 1. The second-order valence-electron chi connectivity index (χ2n) is 11.2. The number of rotatable bonds is 16. The van der Waals surface area contributed by atoms with Crippen LogP contribution in [0, 0.1) is 0 Å². The van der Waals surface area contributed by atoms with Gasteiger partial charge in [-0.2, -0.15) is 5.09 Å². The molecule has 3 aromatic heterocycles. The number of benzene rings is 1. The number of esters is 1. The fourth-order valence-corrected chi connectivity index (χ4v) is 6.60. The molecule has 3 atom stereocenters. The molecule has 0 aliphatic carbocycles. The highest BCUT2D eigenvalue weighted by Crippen LogP contribution is 2.47. The zero-order chi connectivity index (χ0) is 31.9. The lowest BCUT2D eigenvalue weighted by molar-refractivity contribution is -0.149.